The third kappa shape index (κ3) is 10.0. The van der Waals surface area contributed by atoms with E-state index in [2.05, 4.69) is 4.89 Å². The zero-order valence-corrected chi connectivity index (χ0v) is 13.7. The lowest BCUT2D eigenvalue weighted by Gasteiger charge is -2.20. The summed E-state index contributed by atoms with van der Waals surface area (Å²) >= 11 is 0. The van der Waals surface area contributed by atoms with Gasteiger partial charge in [0.15, 0.2) is 0 Å². The van der Waals surface area contributed by atoms with Crippen molar-refractivity contribution in [2.24, 2.45) is 0 Å². The maximum Gasteiger partial charge on any atom is 0.373 e. The van der Waals surface area contributed by atoms with Gasteiger partial charge in [-0.1, -0.05) is 25.1 Å². The van der Waals surface area contributed by atoms with Gasteiger partial charge >= 0.3 is 5.97 Å². The molecular formula is C16H26O5. The third-order valence-corrected chi connectivity index (χ3v) is 2.48. The van der Waals surface area contributed by atoms with Crippen LogP contribution in [-0.2, 0) is 14.7 Å². The monoisotopic (exact) mass is 298 g/mol. The summed E-state index contributed by atoms with van der Waals surface area (Å²) in [7, 11) is 0. The first-order chi connectivity index (χ1) is 9.61. The number of carbonyl (C=O) groups excluding carboxylic acids is 1. The van der Waals surface area contributed by atoms with Crippen LogP contribution in [0.5, 0.6) is 0 Å². The van der Waals surface area contributed by atoms with E-state index >= 15 is 0 Å². The Labute approximate surface area is 126 Å². The Morgan fingerprint density at radius 1 is 1.10 bits per heavy atom. The van der Waals surface area contributed by atoms with Crippen molar-refractivity contribution < 1.29 is 24.7 Å². The first-order valence-corrected chi connectivity index (χ1v) is 6.89. The molecule has 1 N–H and O–H groups in total. The molecule has 0 atom stereocenters. The number of rotatable bonds is 4. The average Bonchev–Trinajstić information content (AvgIpc) is 2.46. The van der Waals surface area contributed by atoms with Gasteiger partial charge in [-0.2, -0.15) is 4.89 Å². The van der Waals surface area contributed by atoms with Gasteiger partial charge in [0.05, 0.1) is 11.2 Å². The number of hydrogen-bond acceptors (Lipinski definition) is 5. The minimum atomic E-state index is -0.461. The molecule has 120 valence electrons. The van der Waals surface area contributed by atoms with Crippen LogP contribution in [0.25, 0.3) is 0 Å². The molecule has 0 saturated carbocycles. The van der Waals surface area contributed by atoms with Crippen molar-refractivity contribution in [2.45, 2.75) is 59.2 Å². The molecule has 1 aromatic carbocycles. The molecule has 0 saturated heterocycles. The van der Waals surface area contributed by atoms with E-state index in [1.807, 2.05) is 26.8 Å². The van der Waals surface area contributed by atoms with Gasteiger partial charge in [0.1, 0.15) is 5.60 Å². The van der Waals surface area contributed by atoms with E-state index in [9.17, 15) is 4.79 Å². The SMILES string of the molecule is CC(C)(C)OO.CCC(C)(C)OOC(=O)c1ccccc1. The molecule has 0 heterocycles. The van der Waals surface area contributed by atoms with Gasteiger partial charge in [-0.3, -0.25) is 10.1 Å². The van der Waals surface area contributed by atoms with Crippen LogP contribution in [0.15, 0.2) is 30.3 Å². The Kier molecular flexibility index (Phi) is 8.17. The number of hydrogen-bond donors (Lipinski definition) is 1. The third-order valence-electron chi connectivity index (χ3n) is 2.48. The summed E-state index contributed by atoms with van der Waals surface area (Å²) in [6, 6.07) is 8.77. The van der Waals surface area contributed by atoms with Gasteiger partial charge < -0.3 is 0 Å². The molecule has 0 radical (unpaired) electrons. The standard InChI is InChI=1S/C12H16O3.C4H10O2/c1-4-12(2,3)15-14-11(13)10-8-6-5-7-9-10;1-4(2,3)6-5/h5-9H,4H2,1-3H3;5H,1-3H3. The van der Waals surface area contributed by atoms with Crippen molar-refractivity contribution in [3.05, 3.63) is 35.9 Å². The molecule has 0 aliphatic heterocycles. The van der Waals surface area contributed by atoms with Gasteiger partial charge in [-0.05, 0) is 53.2 Å². The van der Waals surface area contributed by atoms with Gasteiger partial charge in [0.2, 0.25) is 0 Å². The van der Waals surface area contributed by atoms with E-state index in [0.29, 0.717) is 5.56 Å². The molecule has 0 bridgehead atoms. The van der Waals surface area contributed by atoms with Crippen LogP contribution < -0.4 is 0 Å². The van der Waals surface area contributed by atoms with Crippen molar-refractivity contribution >= 4 is 5.97 Å². The summed E-state index contributed by atoms with van der Waals surface area (Å²) in [4.78, 5) is 25.2. The smallest absolute Gasteiger partial charge is 0.292 e. The molecular weight excluding hydrogens is 272 g/mol. The molecule has 1 rings (SSSR count). The number of carbonyl (C=O) groups is 1. The molecule has 0 unspecified atom stereocenters. The van der Waals surface area contributed by atoms with Crippen LogP contribution in [0.2, 0.25) is 0 Å². The van der Waals surface area contributed by atoms with Crippen LogP contribution in [0.4, 0.5) is 0 Å². The fourth-order valence-electron chi connectivity index (χ4n) is 0.832. The van der Waals surface area contributed by atoms with E-state index in [-0.39, 0.29) is 0 Å². The second-order valence-corrected chi connectivity index (χ2v) is 6.14. The van der Waals surface area contributed by atoms with Crippen LogP contribution >= 0.6 is 0 Å². The lowest BCUT2D eigenvalue weighted by atomic mass is 10.1. The lowest BCUT2D eigenvalue weighted by Crippen LogP contribution is -2.25. The summed E-state index contributed by atoms with van der Waals surface area (Å²) < 4.78 is 0. The first-order valence-electron chi connectivity index (χ1n) is 6.89. The Balaban J connectivity index is 0.000000567. The second-order valence-electron chi connectivity index (χ2n) is 6.14. The van der Waals surface area contributed by atoms with Crippen molar-refractivity contribution in [3.63, 3.8) is 0 Å². The maximum atomic E-state index is 11.5. The van der Waals surface area contributed by atoms with E-state index in [0.717, 1.165) is 6.42 Å². The van der Waals surface area contributed by atoms with Gasteiger partial charge in [-0.25, -0.2) is 9.68 Å². The molecule has 1 aromatic rings. The van der Waals surface area contributed by atoms with E-state index in [1.165, 1.54) is 0 Å². The Hall–Kier alpha value is -1.43. The first kappa shape index (κ1) is 19.6. The maximum absolute atomic E-state index is 11.5. The minimum Gasteiger partial charge on any atom is -0.292 e. The summed E-state index contributed by atoms with van der Waals surface area (Å²) in [6.45, 7) is 11.0. The molecule has 21 heavy (non-hydrogen) atoms. The molecule has 0 aliphatic rings. The van der Waals surface area contributed by atoms with Crippen LogP contribution in [-0.4, -0.2) is 22.4 Å². The normalized spacial score (nSPS) is 11.4. The molecule has 0 spiro atoms. The average molecular weight is 298 g/mol. The molecule has 5 heteroatoms. The van der Waals surface area contributed by atoms with Crippen molar-refractivity contribution in [3.8, 4) is 0 Å². The summed E-state index contributed by atoms with van der Waals surface area (Å²) in [5.41, 5.74) is -0.353. The Morgan fingerprint density at radius 2 is 1.57 bits per heavy atom. The summed E-state index contributed by atoms with van der Waals surface area (Å²) in [5.74, 6) is -0.461. The van der Waals surface area contributed by atoms with Crippen LogP contribution in [0, 0.1) is 0 Å². The summed E-state index contributed by atoms with van der Waals surface area (Å²) in [6.07, 6.45) is 0.773. The van der Waals surface area contributed by atoms with E-state index < -0.39 is 17.2 Å². The number of benzene rings is 1. The van der Waals surface area contributed by atoms with E-state index in [4.69, 9.17) is 15.0 Å². The highest BCUT2D eigenvalue weighted by molar-refractivity contribution is 5.88. The highest BCUT2D eigenvalue weighted by atomic mass is 17.2. The fourth-order valence-corrected chi connectivity index (χ4v) is 0.832. The highest BCUT2D eigenvalue weighted by Gasteiger charge is 2.20. The van der Waals surface area contributed by atoms with Gasteiger partial charge in [-0.15, -0.1) is 0 Å². The molecule has 0 amide bonds. The van der Waals surface area contributed by atoms with Crippen molar-refractivity contribution in [1.29, 1.82) is 0 Å². The Morgan fingerprint density at radius 3 is 1.95 bits per heavy atom. The molecule has 5 nitrogen and oxygen atoms in total. The zero-order valence-electron chi connectivity index (χ0n) is 13.7. The quantitative estimate of drug-likeness (QED) is 0.665. The topological polar surface area (TPSA) is 65.0 Å². The van der Waals surface area contributed by atoms with Gasteiger partial charge in [0.25, 0.3) is 0 Å². The lowest BCUT2D eigenvalue weighted by molar-refractivity contribution is -0.307. The molecule has 0 aliphatic carbocycles. The van der Waals surface area contributed by atoms with Crippen LogP contribution in [0.1, 0.15) is 58.3 Å². The highest BCUT2D eigenvalue weighted by Crippen LogP contribution is 2.15. The summed E-state index contributed by atoms with van der Waals surface area (Å²) in [5, 5.41) is 7.90. The second kappa shape index (κ2) is 8.77. The molecule has 0 fully saturated rings. The predicted molar refractivity (Wildman–Crippen MR) is 80.8 cm³/mol. The largest absolute Gasteiger partial charge is 0.373 e. The van der Waals surface area contributed by atoms with Crippen molar-refractivity contribution in [2.75, 3.05) is 0 Å². The van der Waals surface area contributed by atoms with Crippen molar-refractivity contribution in [1.82, 2.24) is 0 Å². The van der Waals surface area contributed by atoms with Gasteiger partial charge in [0, 0.05) is 0 Å². The van der Waals surface area contributed by atoms with E-state index in [1.54, 1.807) is 45.0 Å². The zero-order chi connectivity index (χ0) is 16.5. The minimum absolute atomic E-state index is 0.403. The van der Waals surface area contributed by atoms with Crippen LogP contribution in [0.3, 0.4) is 0 Å². The predicted octanol–water partition coefficient (Wildman–Crippen LogP) is 4.24. The Bertz CT molecular complexity index is 406. The fraction of sp³-hybridized carbons (Fsp3) is 0.562. The molecule has 0 aromatic heterocycles.